The Kier molecular flexibility index (Phi) is 5.46. The summed E-state index contributed by atoms with van der Waals surface area (Å²) >= 11 is 0. The Morgan fingerprint density at radius 2 is 1.85 bits per heavy atom. The average Bonchev–Trinajstić information content (AvgIpc) is 2.30. The van der Waals surface area contributed by atoms with Gasteiger partial charge in [0.15, 0.2) is 9.84 Å². The summed E-state index contributed by atoms with van der Waals surface area (Å²) in [7, 11) is -3.10. The maximum Gasteiger partial charge on any atom is 0.317 e. The number of hydrogen-bond acceptors (Lipinski definition) is 3. The Morgan fingerprint density at radius 1 is 1.25 bits per heavy atom. The summed E-state index contributed by atoms with van der Waals surface area (Å²) in [6, 6.07) is -0.0317. The van der Waals surface area contributed by atoms with Crippen LogP contribution in [0.3, 0.4) is 0 Å². The van der Waals surface area contributed by atoms with E-state index in [-0.39, 0.29) is 30.9 Å². The van der Waals surface area contributed by atoms with Crippen LogP contribution < -0.4 is 5.32 Å². The van der Waals surface area contributed by atoms with Gasteiger partial charge in [0.1, 0.15) is 0 Å². The molecule has 0 aromatic carbocycles. The van der Waals surface area contributed by atoms with Crippen LogP contribution in [0.5, 0.6) is 0 Å². The van der Waals surface area contributed by atoms with E-state index in [1.165, 1.54) is 0 Å². The van der Waals surface area contributed by atoms with E-state index in [0.29, 0.717) is 5.92 Å². The van der Waals surface area contributed by atoms with E-state index in [9.17, 15) is 13.2 Å². The number of rotatable bonds is 4. The van der Waals surface area contributed by atoms with Gasteiger partial charge in [-0.1, -0.05) is 13.8 Å². The van der Waals surface area contributed by atoms with Crippen LogP contribution in [0.4, 0.5) is 4.79 Å². The third kappa shape index (κ3) is 4.36. The molecule has 1 saturated heterocycles. The van der Waals surface area contributed by atoms with E-state index in [2.05, 4.69) is 19.2 Å². The van der Waals surface area contributed by atoms with E-state index in [4.69, 9.17) is 0 Å². The average molecular weight is 304 g/mol. The fourth-order valence-electron chi connectivity index (χ4n) is 2.27. The molecule has 1 aliphatic rings. The number of carbonyl (C=O) groups excluding carboxylic acids is 1. The van der Waals surface area contributed by atoms with Gasteiger partial charge in [0.25, 0.3) is 0 Å². The molecule has 118 valence electrons. The molecular formula is C14H28N2O3S. The molecule has 1 N–H and O–H groups in total. The Morgan fingerprint density at radius 3 is 2.35 bits per heavy atom. The van der Waals surface area contributed by atoms with Crippen LogP contribution >= 0.6 is 0 Å². The number of nitrogens with zero attached hydrogens (tertiary/aromatic N) is 1. The van der Waals surface area contributed by atoms with Crippen LogP contribution in [0.1, 0.15) is 47.5 Å². The predicted octanol–water partition coefficient (Wildman–Crippen LogP) is 2.03. The van der Waals surface area contributed by atoms with Crippen molar-refractivity contribution in [3.63, 3.8) is 0 Å². The van der Waals surface area contributed by atoms with Crippen molar-refractivity contribution in [2.45, 2.75) is 58.2 Å². The molecule has 0 aliphatic carbocycles. The second kappa shape index (κ2) is 6.33. The van der Waals surface area contributed by atoms with Crippen LogP contribution in [-0.2, 0) is 9.84 Å². The third-order valence-corrected chi connectivity index (χ3v) is 6.41. The molecule has 0 aromatic rings. The first kappa shape index (κ1) is 17.3. The molecule has 0 spiro atoms. The van der Waals surface area contributed by atoms with Crippen LogP contribution in [0, 0.1) is 5.92 Å². The van der Waals surface area contributed by atoms with Gasteiger partial charge in [-0.15, -0.1) is 0 Å². The Labute approximate surface area is 123 Å². The monoisotopic (exact) mass is 304 g/mol. The van der Waals surface area contributed by atoms with Crippen LogP contribution in [-0.4, -0.2) is 49.0 Å². The first-order chi connectivity index (χ1) is 9.05. The van der Waals surface area contributed by atoms with Crippen LogP contribution in [0.2, 0.25) is 0 Å². The summed E-state index contributed by atoms with van der Waals surface area (Å²) in [5.74, 6) is 0.668. The summed E-state index contributed by atoms with van der Waals surface area (Å²) in [6.07, 6.45) is 2.01. The number of carbonyl (C=O) groups is 1. The largest absolute Gasteiger partial charge is 0.336 e. The number of amides is 2. The molecule has 0 radical (unpaired) electrons. The lowest BCUT2D eigenvalue weighted by Crippen LogP contribution is -2.57. The van der Waals surface area contributed by atoms with Crippen molar-refractivity contribution in [3.05, 3.63) is 0 Å². The third-order valence-electron chi connectivity index (χ3n) is 3.88. The van der Waals surface area contributed by atoms with Gasteiger partial charge in [-0.25, -0.2) is 13.2 Å². The molecule has 0 bridgehead atoms. The highest BCUT2D eigenvalue weighted by atomic mass is 32.2. The minimum absolute atomic E-state index is 0.0494. The van der Waals surface area contributed by atoms with E-state index in [0.717, 1.165) is 12.8 Å². The zero-order chi connectivity index (χ0) is 15.6. The quantitative estimate of drug-likeness (QED) is 0.864. The lowest BCUT2D eigenvalue weighted by atomic mass is 10.0. The van der Waals surface area contributed by atoms with Crippen molar-refractivity contribution in [1.82, 2.24) is 10.2 Å². The van der Waals surface area contributed by atoms with Crippen molar-refractivity contribution < 1.29 is 13.2 Å². The molecule has 0 saturated carbocycles. The van der Waals surface area contributed by atoms with Crippen molar-refractivity contribution in [2.75, 3.05) is 18.8 Å². The summed E-state index contributed by atoms with van der Waals surface area (Å²) in [5.41, 5.74) is 0. The molecule has 1 fully saturated rings. The summed E-state index contributed by atoms with van der Waals surface area (Å²) in [6.45, 7) is 10.2. The van der Waals surface area contributed by atoms with E-state index in [1.54, 1.807) is 18.7 Å². The summed E-state index contributed by atoms with van der Waals surface area (Å²) in [4.78, 5) is 13.8. The van der Waals surface area contributed by atoms with Gasteiger partial charge in [0.05, 0.1) is 10.5 Å². The highest BCUT2D eigenvalue weighted by Crippen LogP contribution is 2.23. The lowest BCUT2D eigenvalue weighted by molar-refractivity contribution is 0.188. The maximum atomic E-state index is 12.2. The van der Waals surface area contributed by atoms with Gasteiger partial charge in [0.2, 0.25) is 0 Å². The highest BCUT2D eigenvalue weighted by Gasteiger charge is 2.41. The normalized spacial score (nSPS) is 22.6. The molecule has 1 aliphatic heterocycles. The summed E-state index contributed by atoms with van der Waals surface area (Å²) in [5, 5.41) is 2.96. The topological polar surface area (TPSA) is 66.5 Å². The molecule has 0 unspecified atom stereocenters. The molecule has 1 rings (SSSR count). The smallest absolute Gasteiger partial charge is 0.317 e. The summed E-state index contributed by atoms with van der Waals surface area (Å²) < 4.78 is 23.0. The number of hydrogen-bond donors (Lipinski definition) is 1. The molecule has 1 atom stereocenters. The zero-order valence-corrected chi connectivity index (χ0v) is 14.1. The minimum atomic E-state index is -3.10. The predicted molar refractivity (Wildman–Crippen MR) is 81.5 cm³/mol. The molecule has 5 nitrogen and oxygen atoms in total. The fourth-order valence-corrected chi connectivity index (χ4v) is 3.64. The fraction of sp³-hybridized carbons (Fsp3) is 0.929. The van der Waals surface area contributed by atoms with Gasteiger partial charge in [-0.3, -0.25) is 0 Å². The molecule has 1 heterocycles. The van der Waals surface area contributed by atoms with Gasteiger partial charge in [0, 0.05) is 19.1 Å². The van der Waals surface area contributed by atoms with Gasteiger partial charge in [-0.2, -0.15) is 0 Å². The first-order valence-electron chi connectivity index (χ1n) is 7.33. The van der Waals surface area contributed by atoms with E-state index < -0.39 is 14.6 Å². The van der Waals surface area contributed by atoms with Crippen LogP contribution in [0.15, 0.2) is 0 Å². The van der Waals surface area contributed by atoms with Gasteiger partial charge >= 0.3 is 6.03 Å². The molecule has 6 heteroatoms. The first-order valence-corrected chi connectivity index (χ1v) is 8.98. The van der Waals surface area contributed by atoms with E-state index in [1.807, 2.05) is 6.92 Å². The van der Waals surface area contributed by atoms with Gasteiger partial charge < -0.3 is 10.2 Å². The van der Waals surface area contributed by atoms with Crippen molar-refractivity contribution >= 4 is 15.9 Å². The molecule has 2 amide bonds. The van der Waals surface area contributed by atoms with Crippen molar-refractivity contribution in [2.24, 2.45) is 5.92 Å². The Bertz CT molecular complexity index is 443. The van der Waals surface area contributed by atoms with Crippen LogP contribution in [0.25, 0.3) is 0 Å². The number of sulfone groups is 1. The zero-order valence-electron chi connectivity index (χ0n) is 13.3. The molecular weight excluding hydrogens is 276 g/mol. The number of nitrogens with one attached hydrogen (secondary N) is 1. The van der Waals surface area contributed by atoms with Crippen molar-refractivity contribution in [1.29, 1.82) is 0 Å². The maximum absolute atomic E-state index is 12.2. The van der Waals surface area contributed by atoms with Crippen molar-refractivity contribution in [3.8, 4) is 0 Å². The SMILES string of the molecule is CC(C)CC[C@@H](C)NC(=O)N1CCS(=O)(=O)C(C)(C)C1. The Balaban J connectivity index is 2.53. The standard InChI is InChI=1S/C14H28N2O3S/c1-11(2)6-7-12(3)15-13(17)16-8-9-20(18,19)14(4,5)10-16/h11-12H,6-10H2,1-5H3,(H,15,17)/t12-/m1/s1. The second-order valence-electron chi connectivity index (χ2n) is 6.82. The minimum Gasteiger partial charge on any atom is -0.336 e. The number of urea groups is 1. The second-order valence-corrected chi connectivity index (χ2v) is 9.56. The lowest BCUT2D eigenvalue weighted by Gasteiger charge is -2.38. The van der Waals surface area contributed by atoms with Gasteiger partial charge in [-0.05, 0) is 39.5 Å². The highest BCUT2D eigenvalue weighted by molar-refractivity contribution is 7.92. The molecule has 0 aromatic heterocycles. The Hall–Kier alpha value is -0.780. The van der Waals surface area contributed by atoms with E-state index >= 15 is 0 Å². The molecule has 20 heavy (non-hydrogen) atoms.